The molecular weight excluding hydrogens is 264 g/mol. The van der Waals surface area contributed by atoms with Crippen LogP contribution in [0.2, 0.25) is 0 Å². The van der Waals surface area contributed by atoms with Gasteiger partial charge in [-0.15, -0.1) is 0 Å². The Morgan fingerprint density at radius 3 is 2.62 bits per heavy atom. The summed E-state index contributed by atoms with van der Waals surface area (Å²) >= 11 is 0. The number of nitrogens with zero attached hydrogens (tertiary/aromatic N) is 3. The number of nitrogens with one attached hydrogen (secondary N) is 1. The third-order valence-electron chi connectivity index (χ3n) is 2.90. The first-order valence-electron chi connectivity index (χ1n) is 6.95. The predicted molar refractivity (Wildman–Crippen MR) is 83.2 cm³/mol. The monoisotopic (exact) mass is 284 g/mol. The molecule has 0 aliphatic heterocycles. The fourth-order valence-electron chi connectivity index (χ4n) is 1.92. The highest BCUT2D eigenvalue weighted by Crippen LogP contribution is 2.10. The third-order valence-corrected chi connectivity index (χ3v) is 2.90. The SMILES string of the molecule is CC(C)NC(=O)c1ccnc(N(C)Cc2ccccc2)n1. The van der Waals surface area contributed by atoms with E-state index in [-0.39, 0.29) is 11.9 Å². The van der Waals surface area contributed by atoms with Crippen LogP contribution in [0, 0.1) is 0 Å². The summed E-state index contributed by atoms with van der Waals surface area (Å²) in [6.07, 6.45) is 1.61. The molecule has 0 aliphatic carbocycles. The van der Waals surface area contributed by atoms with Gasteiger partial charge in [-0.1, -0.05) is 30.3 Å². The molecule has 1 aromatic carbocycles. The first-order valence-corrected chi connectivity index (χ1v) is 6.95. The lowest BCUT2D eigenvalue weighted by Gasteiger charge is -2.17. The summed E-state index contributed by atoms with van der Waals surface area (Å²) in [5.41, 5.74) is 1.55. The fraction of sp³-hybridized carbons (Fsp3) is 0.312. The molecule has 0 saturated carbocycles. The maximum absolute atomic E-state index is 12.0. The van der Waals surface area contributed by atoms with Crippen LogP contribution in [0.5, 0.6) is 0 Å². The summed E-state index contributed by atoms with van der Waals surface area (Å²) in [5, 5.41) is 2.83. The van der Waals surface area contributed by atoms with Gasteiger partial charge >= 0.3 is 0 Å². The number of rotatable bonds is 5. The Balaban J connectivity index is 2.11. The largest absolute Gasteiger partial charge is 0.349 e. The lowest BCUT2D eigenvalue weighted by molar-refractivity contribution is 0.0938. The molecule has 1 heterocycles. The zero-order valence-corrected chi connectivity index (χ0v) is 12.6. The molecular formula is C16H20N4O. The van der Waals surface area contributed by atoms with Crippen LogP contribution in [0.3, 0.4) is 0 Å². The summed E-state index contributed by atoms with van der Waals surface area (Å²) in [6.45, 7) is 4.53. The van der Waals surface area contributed by atoms with Crippen molar-refractivity contribution < 1.29 is 4.79 Å². The average molecular weight is 284 g/mol. The molecule has 1 aromatic heterocycles. The number of carbonyl (C=O) groups is 1. The molecule has 0 radical (unpaired) electrons. The molecule has 0 saturated heterocycles. The van der Waals surface area contributed by atoms with Crippen LogP contribution in [0.4, 0.5) is 5.95 Å². The fourth-order valence-corrected chi connectivity index (χ4v) is 1.92. The highest BCUT2D eigenvalue weighted by molar-refractivity contribution is 5.92. The number of benzene rings is 1. The number of amides is 1. The molecule has 0 atom stereocenters. The van der Waals surface area contributed by atoms with Gasteiger partial charge in [-0.25, -0.2) is 9.97 Å². The van der Waals surface area contributed by atoms with E-state index in [1.165, 1.54) is 5.56 Å². The van der Waals surface area contributed by atoms with Crippen molar-refractivity contribution in [2.24, 2.45) is 0 Å². The Hall–Kier alpha value is -2.43. The number of hydrogen-bond acceptors (Lipinski definition) is 4. The summed E-state index contributed by atoms with van der Waals surface area (Å²) in [7, 11) is 1.91. The molecule has 1 amide bonds. The first kappa shape index (κ1) is 15.0. The molecule has 0 unspecified atom stereocenters. The summed E-state index contributed by atoms with van der Waals surface area (Å²) in [4.78, 5) is 22.4. The topological polar surface area (TPSA) is 58.1 Å². The molecule has 0 spiro atoms. The second kappa shape index (κ2) is 6.83. The predicted octanol–water partition coefficient (Wildman–Crippen LogP) is 2.25. The van der Waals surface area contributed by atoms with Crippen LogP contribution in [0.25, 0.3) is 0 Å². The van der Waals surface area contributed by atoms with Gasteiger partial charge in [0, 0.05) is 25.8 Å². The van der Waals surface area contributed by atoms with E-state index >= 15 is 0 Å². The van der Waals surface area contributed by atoms with Gasteiger partial charge < -0.3 is 10.2 Å². The molecule has 5 heteroatoms. The van der Waals surface area contributed by atoms with Crippen molar-refractivity contribution in [3.63, 3.8) is 0 Å². The van der Waals surface area contributed by atoms with E-state index in [0.717, 1.165) is 0 Å². The van der Waals surface area contributed by atoms with Crippen molar-refractivity contribution >= 4 is 11.9 Å². The van der Waals surface area contributed by atoms with Crippen LogP contribution in [0.15, 0.2) is 42.6 Å². The molecule has 1 N–H and O–H groups in total. The Morgan fingerprint density at radius 1 is 1.24 bits per heavy atom. The highest BCUT2D eigenvalue weighted by atomic mass is 16.1. The van der Waals surface area contributed by atoms with Crippen LogP contribution >= 0.6 is 0 Å². The number of carbonyl (C=O) groups excluding carboxylic acids is 1. The second-order valence-corrected chi connectivity index (χ2v) is 5.21. The van der Waals surface area contributed by atoms with Crippen LogP contribution in [-0.4, -0.2) is 29.0 Å². The molecule has 2 aromatic rings. The summed E-state index contributed by atoms with van der Waals surface area (Å²) < 4.78 is 0. The van der Waals surface area contributed by atoms with Gasteiger partial charge in [0.15, 0.2) is 0 Å². The van der Waals surface area contributed by atoms with Gasteiger partial charge in [-0.05, 0) is 25.5 Å². The second-order valence-electron chi connectivity index (χ2n) is 5.21. The Kier molecular flexibility index (Phi) is 4.87. The minimum absolute atomic E-state index is 0.0814. The van der Waals surface area contributed by atoms with E-state index in [1.54, 1.807) is 12.3 Å². The van der Waals surface area contributed by atoms with E-state index < -0.39 is 0 Å². The number of aromatic nitrogens is 2. The normalized spacial score (nSPS) is 10.5. The number of hydrogen-bond donors (Lipinski definition) is 1. The lowest BCUT2D eigenvalue weighted by Crippen LogP contribution is -2.31. The van der Waals surface area contributed by atoms with E-state index in [1.807, 2.05) is 56.1 Å². The van der Waals surface area contributed by atoms with Gasteiger partial charge in [0.25, 0.3) is 5.91 Å². The van der Waals surface area contributed by atoms with Crippen molar-refractivity contribution in [1.29, 1.82) is 0 Å². The van der Waals surface area contributed by atoms with Gasteiger partial charge in [0.05, 0.1) is 0 Å². The van der Waals surface area contributed by atoms with E-state index in [2.05, 4.69) is 15.3 Å². The Labute approximate surface area is 125 Å². The molecule has 0 aliphatic rings. The average Bonchev–Trinajstić information content (AvgIpc) is 2.47. The van der Waals surface area contributed by atoms with Gasteiger partial charge in [-0.2, -0.15) is 0 Å². The number of anilines is 1. The minimum Gasteiger partial charge on any atom is -0.349 e. The van der Waals surface area contributed by atoms with Crippen LogP contribution < -0.4 is 10.2 Å². The van der Waals surface area contributed by atoms with E-state index in [4.69, 9.17) is 0 Å². The van der Waals surface area contributed by atoms with Crippen molar-refractivity contribution in [3.05, 3.63) is 53.9 Å². The smallest absolute Gasteiger partial charge is 0.270 e. The quantitative estimate of drug-likeness (QED) is 0.915. The maximum atomic E-state index is 12.0. The maximum Gasteiger partial charge on any atom is 0.270 e. The van der Waals surface area contributed by atoms with E-state index in [0.29, 0.717) is 18.2 Å². The zero-order chi connectivity index (χ0) is 15.2. The zero-order valence-electron chi connectivity index (χ0n) is 12.6. The standard InChI is InChI=1S/C16H20N4O/c1-12(2)18-15(21)14-9-10-17-16(19-14)20(3)11-13-7-5-4-6-8-13/h4-10,12H,11H2,1-3H3,(H,18,21). The Morgan fingerprint density at radius 2 is 1.95 bits per heavy atom. The van der Waals surface area contributed by atoms with Gasteiger partial charge in [-0.3, -0.25) is 4.79 Å². The highest BCUT2D eigenvalue weighted by Gasteiger charge is 2.12. The molecule has 5 nitrogen and oxygen atoms in total. The molecule has 2 rings (SSSR count). The third kappa shape index (κ3) is 4.27. The molecule has 21 heavy (non-hydrogen) atoms. The van der Waals surface area contributed by atoms with Crippen LogP contribution in [-0.2, 0) is 6.54 Å². The van der Waals surface area contributed by atoms with E-state index in [9.17, 15) is 4.79 Å². The molecule has 0 bridgehead atoms. The van der Waals surface area contributed by atoms with Crippen molar-refractivity contribution in [1.82, 2.24) is 15.3 Å². The van der Waals surface area contributed by atoms with Crippen LogP contribution in [0.1, 0.15) is 29.9 Å². The lowest BCUT2D eigenvalue weighted by atomic mass is 10.2. The molecule has 110 valence electrons. The summed E-state index contributed by atoms with van der Waals surface area (Å²) in [5.74, 6) is 0.358. The Bertz CT molecular complexity index is 598. The van der Waals surface area contributed by atoms with Crippen molar-refractivity contribution in [3.8, 4) is 0 Å². The van der Waals surface area contributed by atoms with Crippen molar-refractivity contribution in [2.75, 3.05) is 11.9 Å². The first-order chi connectivity index (χ1) is 10.1. The van der Waals surface area contributed by atoms with Gasteiger partial charge in [0.2, 0.25) is 5.95 Å². The van der Waals surface area contributed by atoms with Gasteiger partial charge in [0.1, 0.15) is 5.69 Å². The minimum atomic E-state index is -0.179. The van der Waals surface area contributed by atoms with Crippen molar-refractivity contribution in [2.45, 2.75) is 26.4 Å². The molecule has 0 fully saturated rings. The summed E-state index contributed by atoms with van der Waals surface area (Å²) in [6, 6.07) is 11.8.